The number of carboxylic acids is 1. The Balaban J connectivity index is 1.23. The molecular formula is C42H39ClF6N6O5S. The fourth-order valence-corrected chi connectivity index (χ4v) is 7.90. The highest BCUT2D eigenvalue weighted by molar-refractivity contribution is 7.13. The molecule has 3 aromatic carbocycles. The number of nitrogens with zero attached hydrogens (tertiary/aromatic N) is 6. The highest BCUT2D eigenvalue weighted by Gasteiger charge is 2.33. The van der Waals surface area contributed by atoms with Gasteiger partial charge in [-0.15, -0.1) is 0 Å². The number of alkyl halides is 6. The number of aliphatic carboxylic acids is 1. The first-order chi connectivity index (χ1) is 29.1. The van der Waals surface area contributed by atoms with Crippen LogP contribution in [0.2, 0.25) is 5.02 Å². The molecule has 61 heavy (non-hydrogen) atoms. The predicted molar refractivity (Wildman–Crippen MR) is 217 cm³/mol. The molecule has 0 spiro atoms. The van der Waals surface area contributed by atoms with E-state index in [9.17, 15) is 36.2 Å². The number of carboxylic acid groups (broad SMARTS) is 1. The number of likely N-dealkylation sites (N-methyl/N-ethyl adjacent to an activating group) is 1. The van der Waals surface area contributed by atoms with Crippen LogP contribution in [0, 0.1) is 6.92 Å². The molecule has 7 rings (SSSR count). The monoisotopic (exact) mass is 888 g/mol. The Bertz CT molecular complexity index is 2510. The summed E-state index contributed by atoms with van der Waals surface area (Å²) in [6.45, 7) is 4.90. The minimum absolute atomic E-state index is 0.115. The maximum absolute atomic E-state index is 14.0. The molecule has 1 saturated heterocycles. The van der Waals surface area contributed by atoms with Crippen LogP contribution in [0.5, 0.6) is 17.4 Å². The number of rotatable bonds is 15. The van der Waals surface area contributed by atoms with Crippen molar-refractivity contribution in [3.63, 3.8) is 0 Å². The van der Waals surface area contributed by atoms with Crippen molar-refractivity contribution in [3.8, 4) is 39.8 Å². The third-order valence-corrected chi connectivity index (χ3v) is 11.5. The smallest absolute Gasteiger partial charge is 0.416 e. The number of aromatic nitrogens is 4. The largest absolute Gasteiger partial charge is 0.491 e. The molecule has 1 unspecified atom stereocenters. The molecule has 0 bridgehead atoms. The van der Waals surface area contributed by atoms with Gasteiger partial charge in [-0.25, -0.2) is 4.79 Å². The van der Waals surface area contributed by atoms with Crippen molar-refractivity contribution in [2.75, 3.05) is 46.4 Å². The zero-order valence-electron chi connectivity index (χ0n) is 32.8. The van der Waals surface area contributed by atoms with Gasteiger partial charge in [-0.1, -0.05) is 48.0 Å². The van der Waals surface area contributed by atoms with Crippen molar-refractivity contribution in [2.24, 2.45) is 0 Å². The first-order valence-electron chi connectivity index (χ1n) is 19.0. The lowest BCUT2D eigenvalue weighted by Crippen LogP contribution is -2.45. The van der Waals surface area contributed by atoms with Crippen LogP contribution in [0.25, 0.3) is 32.5 Å². The second-order valence-electron chi connectivity index (χ2n) is 14.5. The molecule has 1 atom stereocenters. The van der Waals surface area contributed by atoms with E-state index in [0.29, 0.717) is 51.2 Å². The molecule has 322 valence electrons. The first-order valence-corrected chi connectivity index (χ1v) is 20.2. The summed E-state index contributed by atoms with van der Waals surface area (Å²) in [6, 6.07) is 15.9. The van der Waals surface area contributed by atoms with E-state index in [-0.39, 0.29) is 46.6 Å². The Labute approximate surface area is 355 Å². The second-order valence-corrected chi connectivity index (χ2v) is 15.7. The number of halogens is 7. The molecular weight excluding hydrogens is 850 g/mol. The number of piperazine rings is 1. The Morgan fingerprint density at radius 3 is 2.48 bits per heavy atom. The number of hydrogen-bond donors (Lipinski definition) is 1. The van der Waals surface area contributed by atoms with Crippen molar-refractivity contribution < 1.29 is 50.5 Å². The van der Waals surface area contributed by atoms with E-state index in [1.807, 2.05) is 0 Å². The average molecular weight is 889 g/mol. The van der Waals surface area contributed by atoms with Crippen LogP contribution in [0.4, 0.5) is 26.3 Å². The van der Waals surface area contributed by atoms with Gasteiger partial charge < -0.3 is 24.2 Å². The van der Waals surface area contributed by atoms with Gasteiger partial charge >= 0.3 is 18.3 Å². The zero-order valence-corrected chi connectivity index (χ0v) is 34.3. The van der Waals surface area contributed by atoms with Gasteiger partial charge in [0, 0.05) is 62.7 Å². The standard InChI is InChI=1S/C42H39ClF6N6O5S/c1-25-30(10-11-32(37(25)43)58-19-18-54-16-14-53(2)15-17-54)35-36-34(22-50-38(35)27-7-5-8-28(20-27)42(47,48)49)61-52-39(36)60-33(40(56)57)21-26-6-3-4-9-31(26)59-23-29-12-13-51-55(29)24-41(44,45)46/h3-13,20,22,33H,14-19,21,23-24H2,1-2H3,(H,56,57). The third-order valence-electron chi connectivity index (χ3n) is 10.2. The summed E-state index contributed by atoms with van der Waals surface area (Å²) in [6.07, 6.45) is -8.35. The van der Waals surface area contributed by atoms with Crippen molar-refractivity contribution in [1.29, 1.82) is 0 Å². The van der Waals surface area contributed by atoms with Crippen LogP contribution in [0.15, 0.2) is 79.1 Å². The molecule has 6 aromatic rings. The van der Waals surface area contributed by atoms with Gasteiger partial charge in [-0.05, 0) is 72.5 Å². The Hall–Kier alpha value is -5.43. The molecule has 0 amide bonds. The van der Waals surface area contributed by atoms with Crippen LogP contribution in [0.3, 0.4) is 0 Å². The number of hydrogen-bond acceptors (Lipinski definition) is 10. The molecule has 0 saturated carbocycles. The minimum atomic E-state index is -4.65. The van der Waals surface area contributed by atoms with E-state index in [4.69, 9.17) is 25.8 Å². The first kappa shape index (κ1) is 43.7. The maximum atomic E-state index is 14.0. The number of ether oxygens (including phenoxy) is 3. The Morgan fingerprint density at radius 2 is 1.74 bits per heavy atom. The minimum Gasteiger partial charge on any atom is -0.491 e. The van der Waals surface area contributed by atoms with E-state index in [0.717, 1.165) is 54.5 Å². The number of para-hydroxylation sites is 1. The summed E-state index contributed by atoms with van der Waals surface area (Å²) in [5.74, 6) is -0.872. The van der Waals surface area contributed by atoms with Crippen molar-refractivity contribution in [3.05, 3.63) is 107 Å². The van der Waals surface area contributed by atoms with Crippen molar-refractivity contribution in [2.45, 2.75) is 45.0 Å². The van der Waals surface area contributed by atoms with Gasteiger partial charge in [0.05, 0.1) is 32.1 Å². The summed E-state index contributed by atoms with van der Waals surface area (Å²) in [7, 11) is 2.07. The Morgan fingerprint density at radius 1 is 0.967 bits per heavy atom. The molecule has 0 radical (unpaired) electrons. The highest BCUT2D eigenvalue weighted by atomic mass is 35.5. The van der Waals surface area contributed by atoms with Crippen molar-refractivity contribution >= 4 is 39.2 Å². The fourth-order valence-electron chi connectivity index (χ4n) is 6.99. The van der Waals surface area contributed by atoms with E-state index >= 15 is 0 Å². The van der Waals surface area contributed by atoms with Crippen molar-refractivity contribution in [1.82, 2.24) is 28.9 Å². The average Bonchev–Trinajstić information content (AvgIpc) is 3.84. The fraction of sp³-hybridized carbons (Fsp3) is 0.333. The lowest BCUT2D eigenvalue weighted by atomic mass is 9.92. The van der Waals surface area contributed by atoms with Gasteiger partial charge in [-0.2, -0.15) is 35.8 Å². The number of carbonyl (C=O) groups is 1. The van der Waals surface area contributed by atoms with Gasteiger partial charge in [0.2, 0.25) is 12.0 Å². The summed E-state index contributed by atoms with van der Waals surface area (Å²) in [5, 5.41) is 14.8. The summed E-state index contributed by atoms with van der Waals surface area (Å²) < 4.78 is 105. The topological polar surface area (TPSA) is 115 Å². The van der Waals surface area contributed by atoms with Crippen LogP contribution >= 0.6 is 23.1 Å². The molecule has 0 aliphatic carbocycles. The third kappa shape index (κ3) is 10.4. The van der Waals surface area contributed by atoms with E-state index in [2.05, 4.69) is 31.3 Å². The predicted octanol–water partition coefficient (Wildman–Crippen LogP) is 9.04. The second kappa shape index (κ2) is 18.3. The molecule has 1 N–H and O–H groups in total. The highest BCUT2D eigenvalue weighted by Crippen LogP contribution is 2.46. The van der Waals surface area contributed by atoms with Crippen LogP contribution in [-0.4, -0.2) is 98.7 Å². The molecule has 1 aliphatic heterocycles. The summed E-state index contributed by atoms with van der Waals surface area (Å²) >= 11 is 7.92. The lowest BCUT2D eigenvalue weighted by Gasteiger charge is -2.32. The number of fused-ring (bicyclic) bond motifs is 1. The molecule has 1 aliphatic rings. The van der Waals surface area contributed by atoms with E-state index in [1.54, 1.807) is 43.3 Å². The normalized spacial score (nSPS) is 14.6. The van der Waals surface area contributed by atoms with Gasteiger partial charge in [0.1, 0.15) is 31.3 Å². The molecule has 1 fully saturated rings. The number of benzene rings is 3. The van der Waals surface area contributed by atoms with Gasteiger partial charge in [0.25, 0.3) is 0 Å². The lowest BCUT2D eigenvalue weighted by molar-refractivity contribution is -0.145. The summed E-state index contributed by atoms with van der Waals surface area (Å²) in [5.41, 5.74) is 1.20. The van der Waals surface area contributed by atoms with E-state index < -0.39 is 36.5 Å². The summed E-state index contributed by atoms with van der Waals surface area (Å²) in [4.78, 5) is 22.0. The van der Waals surface area contributed by atoms with Crippen LogP contribution in [-0.2, 0) is 30.5 Å². The Kier molecular flexibility index (Phi) is 13.1. The molecule has 4 heterocycles. The molecule has 11 nitrogen and oxygen atoms in total. The SMILES string of the molecule is Cc1c(-c2c(-c3cccc(C(F)(F)F)c3)ncc3snc(OC(Cc4ccccc4OCc4ccnn4CC(F)(F)F)C(=O)O)c23)ccc(OCCN2CCN(C)CC2)c1Cl. The number of pyridine rings is 1. The zero-order chi connectivity index (χ0) is 43.5. The van der Waals surface area contributed by atoms with Crippen LogP contribution in [0.1, 0.15) is 22.4 Å². The maximum Gasteiger partial charge on any atom is 0.416 e. The van der Waals surface area contributed by atoms with Crippen LogP contribution < -0.4 is 14.2 Å². The quantitative estimate of drug-likeness (QED) is 0.100. The molecule has 3 aromatic heterocycles. The van der Waals surface area contributed by atoms with Gasteiger partial charge in [-0.3, -0.25) is 14.6 Å². The van der Waals surface area contributed by atoms with Gasteiger partial charge in [0.15, 0.2) is 0 Å². The van der Waals surface area contributed by atoms with E-state index in [1.165, 1.54) is 30.6 Å². The molecule has 19 heteroatoms.